The average molecular weight is 517 g/mol. The fourth-order valence-electron chi connectivity index (χ4n) is 2.80. The lowest BCUT2D eigenvalue weighted by Crippen LogP contribution is -2.50. The van der Waals surface area contributed by atoms with Gasteiger partial charge in [-0.1, -0.05) is 39.7 Å². The molecule has 0 bridgehead atoms. The number of amides is 2. The second kappa shape index (κ2) is 10.3. The summed E-state index contributed by atoms with van der Waals surface area (Å²) in [4.78, 5) is 26.8. The predicted octanol–water partition coefficient (Wildman–Crippen LogP) is 3.03. The molecule has 0 aliphatic rings. The lowest BCUT2D eigenvalue weighted by atomic mass is 10.1. The highest BCUT2D eigenvalue weighted by Crippen LogP contribution is 2.21. The molecule has 0 heterocycles. The minimum absolute atomic E-state index is 0.152. The summed E-state index contributed by atoms with van der Waals surface area (Å²) in [6, 6.07) is 12.7. The molecule has 0 fully saturated rings. The van der Waals surface area contributed by atoms with Crippen molar-refractivity contribution in [2.75, 3.05) is 24.2 Å². The van der Waals surface area contributed by atoms with Gasteiger partial charge in [0.1, 0.15) is 12.6 Å². The van der Waals surface area contributed by atoms with Gasteiger partial charge in [-0.15, -0.1) is 0 Å². The Balaban J connectivity index is 2.35. The van der Waals surface area contributed by atoms with E-state index in [-0.39, 0.29) is 12.5 Å². The van der Waals surface area contributed by atoms with Gasteiger partial charge in [-0.2, -0.15) is 0 Å². The second-order valence-corrected chi connectivity index (χ2v) is 9.94. The highest BCUT2D eigenvalue weighted by molar-refractivity contribution is 9.10. The summed E-state index contributed by atoms with van der Waals surface area (Å²) in [5.41, 5.74) is 1.12. The molecule has 0 radical (unpaired) electrons. The van der Waals surface area contributed by atoms with Gasteiger partial charge >= 0.3 is 0 Å². The van der Waals surface area contributed by atoms with Crippen LogP contribution in [-0.2, 0) is 26.2 Å². The van der Waals surface area contributed by atoms with Crippen LogP contribution in [0, 0.1) is 0 Å². The number of halogens is 2. The van der Waals surface area contributed by atoms with E-state index in [1.165, 1.54) is 24.1 Å². The van der Waals surface area contributed by atoms with Crippen molar-refractivity contribution in [2.45, 2.75) is 19.5 Å². The third kappa shape index (κ3) is 6.45. The quantitative estimate of drug-likeness (QED) is 0.584. The molecule has 2 rings (SSSR count). The van der Waals surface area contributed by atoms with E-state index >= 15 is 0 Å². The lowest BCUT2D eigenvalue weighted by molar-refractivity contribution is -0.139. The van der Waals surface area contributed by atoms with Gasteiger partial charge in [0.05, 0.1) is 11.9 Å². The fraction of sp³-hybridized carbons (Fsp3) is 0.300. The molecular formula is C20H23BrClN3O4S. The highest BCUT2D eigenvalue weighted by Gasteiger charge is 2.29. The molecule has 0 aliphatic carbocycles. The van der Waals surface area contributed by atoms with Crippen LogP contribution < -0.4 is 9.62 Å². The molecule has 7 nitrogen and oxygen atoms in total. The molecule has 162 valence electrons. The summed E-state index contributed by atoms with van der Waals surface area (Å²) >= 11 is 9.25. The molecule has 0 aliphatic heterocycles. The van der Waals surface area contributed by atoms with E-state index in [1.54, 1.807) is 19.1 Å². The zero-order valence-corrected chi connectivity index (χ0v) is 20.0. The molecule has 2 aromatic carbocycles. The first kappa shape index (κ1) is 24.2. The van der Waals surface area contributed by atoms with Crippen LogP contribution in [0.5, 0.6) is 0 Å². The van der Waals surface area contributed by atoms with Crippen LogP contribution in [0.25, 0.3) is 0 Å². The molecule has 2 amide bonds. The number of carbonyl (C=O) groups excluding carboxylic acids is 2. The Morgan fingerprint density at radius 3 is 2.17 bits per heavy atom. The number of benzene rings is 2. The van der Waals surface area contributed by atoms with Crippen LogP contribution in [0.15, 0.2) is 53.0 Å². The number of anilines is 1. The van der Waals surface area contributed by atoms with E-state index in [0.717, 1.165) is 20.6 Å². The molecule has 1 unspecified atom stereocenters. The van der Waals surface area contributed by atoms with E-state index in [0.29, 0.717) is 10.7 Å². The Morgan fingerprint density at radius 1 is 1.10 bits per heavy atom. The van der Waals surface area contributed by atoms with Gasteiger partial charge in [0, 0.05) is 23.1 Å². The molecule has 1 N–H and O–H groups in total. The molecule has 30 heavy (non-hydrogen) atoms. The molecule has 1 atom stereocenters. The van der Waals surface area contributed by atoms with Crippen LogP contribution in [0.1, 0.15) is 12.5 Å². The Hall–Kier alpha value is -2.10. The van der Waals surface area contributed by atoms with Gasteiger partial charge < -0.3 is 10.2 Å². The summed E-state index contributed by atoms with van der Waals surface area (Å²) in [5, 5.41) is 2.98. The van der Waals surface area contributed by atoms with E-state index in [2.05, 4.69) is 21.2 Å². The van der Waals surface area contributed by atoms with Crippen LogP contribution in [0.4, 0.5) is 5.69 Å². The Kier molecular flexibility index (Phi) is 8.28. The van der Waals surface area contributed by atoms with Crippen LogP contribution in [0.2, 0.25) is 5.02 Å². The molecule has 0 aromatic heterocycles. The first-order chi connectivity index (χ1) is 14.0. The molecule has 0 saturated carbocycles. The summed E-state index contributed by atoms with van der Waals surface area (Å²) in [7, 11) is -2.27. The summed E-state index contributed by atoms with van der Waals surface area (Å²) < 4.78 is 26.6. The van der Waals surface area contributed by atoms with E-state index in [4.69, 9.17) is 11.6 Å². The van der Waals surface area contributed by atoms with Gasteiger partial charge in [-0.25, -0.2) is 8.42 Å². The number of nitrogens with zero attached hydrogens (tertiary/aromatic N) is 2. The number of hydrogen-bond donors (Lipinski definition) is 1. The molecule has 2 aromatic rings. The Morgan fingerprint density at radius 2 is 1.67 bits per heavy atom. The second-order valence-electron chi connectivity index (χ2n) is 6.68. The topological polar surface area (TPSA) is 86.8 Å². The van der Waals surface area contributed by atoms with Crippen molar-refractivity contribution >= 4 is 55.1 Å². The molecule has 0 spiro atoms. The SMILES string of the molecule is CNC(=O)C(C)N(Cc1ccc(Br)cc1)C(=O)CN(c1ccc(Cl)cc1)S(C)(=O)=O. The summed E-state index contributed by atoms with van der Waals surface area (Å²) in [6.45, 7) is 1.31. The number of nitrogens with one attached hydrogen (secondary N) is 1. The van der Waals surface area contributed by atoms with E-state index < -0.39 is 28.5 Å². The van der Waals surface area contributed by atoms with Crippen molar-refractivity contribution in [3.05, 3.63) is 63.6 Å². The first-order valence-electron chi connectivity index (χ1n) is 9.01. The molecular weight excluding hydrogens is 494 g/mol. The number of likely N-dealkylation sites (N-methyl/N-ethyl adjacent to an activating group) is 1. The average Bonchev–Trinajstić information content (AvgIpc) is 2.70. The number of hydrogen-bond acceptors (Lipinski definition) is 4. The van der Waals surface area contributed by atoms with E-state index in [1.807, 2.05) is 24.3 Å². The first-order valence-corrected chi connectivity index (χ1v) is 12.0. The Bertz CT molecular complexity index is 998. The van der Waals surface area contributed by atoms with Crippen molar-refractivity contribution in [1.29, 1.82) is 0 Å². The van der Waals surface area contributed by atoms with Crippen LogP contribution in [0.3, 0.4) is 0 Å². The predicted molar refractivity (Wildman–Crippen MR) is 122 cm³/mol. The summed E-state index contributed by atoms with van der Waals surface area (Å²) in [5.74, 6) is -0.854. The maximum absolute atomic E-state index is 13.2. The van der Waals surface area contributed by atoms with Gasteiger partial charge in [0.15, 0.2) is 0 Å². The zero-order chi connectivity index (χ0) is 22.5. The lowest BCUT2D eigenvalue weighted by Gasteiger charge is -2.31. The smallest absolute Gasteiger partial charge is 0.244 e. The van der Waals surface area contributed by atoms with Crippen molar-refractivity contribution in [2.24, 2.45) is 0 Å². The highest BCUT2D eigenvalue weighted by atomic mass is 79.9. The third-order valence-electron chi connectivity index (χ3n) is 4.47. The fourth-order valence-corrected chi connectivity index (χ4v) is 4.04. The number of rotatable bonds is 8. The zero-order valence-electron chi connectivity index (χ0n) is 16.8. The van der Waals surface area contributed by atoms with Gasteiger partial charge in [0.2, 0.25) is 21.8 Å². The number of carbonyl (C=O) groups is 2. The number of sulfonamides is 1. The molecule has 0 saturated heterocycles. The maximum atomic E-state index is 13.2. The maximum Gasteiger partial charge on any atom is 0.244 e. The van der Waals surface area contributed by atoms with Crippen molar-refractivity contribution in [1.82, 2.24) is 10.2 Å². The normalized spacial score (nSPS) is 12.2. The Labute approximate surface area is 190 Å². The van der Waals surface area contributed by atoms with Gasteiger partial charge in [-0.05, 0) is 48.9 Å². The van der Waals surface area contributed by atoms with Gasteiger partial charge in [0.25, 0.3) is 0 Å². The standard InChI is InChI=1S/C20H23BrClN3O4S/c1-14(20(27)23-2)24(12-15-4-6-16(21)7-5-15)19(26)13-25(30(3,28)29)18-10-8-17(22)9-11-18/h4-11,14H,12-13H2,1-3H3,(H,23,27). The van der Waals surface area contributed by atoms with Crippen molar-refractivity contribution in [3.63, 3.8) is 0 Å². The summed E-state index contributed by atoms with van der Waals surface area (Å²) in [6.07, 6.45) is 1.02. The monoisotopic (exact) mass is 515 g/mol. The van der Waals surface area contributed by atoms with Crippen LogP contribution in [-0.4, -0.2) is 51.0 Å². The largest absolute Gasteiger partial charge is 0.357 e. The van der Waals surface area contributed by atoms with Crippen LogP contribution >= 0.6 is 27.5 Å². The minimum atomic E-state index is -3.75. The minimum Gasteiger partial charge on any atom is -0.357 e. The van der Waals surface area contributed by atoms with Gasteiger partial charge in [-0.3, -0.25) is 13.9 Å². The third-order valence-corrected chi connectivity index (χ3v) is 6.39. The van der Waals surface area contributed by atoms with E-state index in [9.17, 15) is 18.0 Å². The van der Waals surface area contributed by atoms with Crippen molar-refractivity contribution in [3.8, 4) is 0 Å². The van der Waals surface area contributed by atoms with Crippen molar-refractivity contribution < 1.29 is 18.0 Å². The molecule has 10 heteroatoms.